The summed E-state index contributed by atoms with van der Waals surface area (Å²) in [4.78, 5) is 19.0. The Hall–Kier alpha value is -1.47. The van der Waals surface area contributed by atoms with Gasteiger partial charge in [-0.1, -0.05) is 0 Å². The molecule has 0 spiro atoms. The van der Waals surface area contributed by atoms with Crippen molar-refractivity contribution in [3.8, 4) is 0 Å². The average molecular weight is 269 g/mol. The number of rotatable bonds is 4. The number of carboxylic acids is 1. The topological polar surface area (TPSA) is 75.1 Å². The predicted molar refractivity (Wildman–Crippen MR) is 67.8 cm³/mol. The molecule has 0 aromatic carbocycles. The highest BCUT2D eigenvalue weighted by molar-refractivity contribution is 7.14. The molecule has 17 heavy (non-hydrogen) atoms. The van der Waals surface area contributed by atoms with E-state index in [1.807, 2.05) is 19.2 Å². The summed E-state index contributed by atoms with van der Waals surface area (Å²) in [6, 6.07) is 0. The van der Waals surface area contributed by atoms with E-state index >= 15 is 0 Å². The number of nitrogens with zero attached hydrogens (tertiary/aromatic N) is 2. The SMILES string of the molecule is CC(C)(Nc1scnc1C(=O)O)c1nccs1. The van der Waals surface area contributed by atoms with Crippen LogP contribution in [0, 0.1) is 0 Å². The van der Waals surface area contributed by atoms with Gasteiger partial charge in [0, 0.05) is 11.6 Å². The van der Waals surface area contributed by atoms with Crippen molar-refractivity contribution in [2.75, 3.05) is 5.32 Å². The van der Waals surface area contributed by atoms with Gasteiger partial charge in [-0.25, -0.2) is 14.8 Å². The third-order valence-corrected chi connectivity index (χ3v) is 4.00. The van der Waals surface area contributed by atoms with Crippen LogP contribution in [0.1, 0.15) is 29.3 Å². The fourth-order valence-corrected chi connectivity index (χ4v) is 2.90. The number of anilines is 1. The summed E-state index contributed by atoms with van der Waals surface area (Å²) in [5.74, 6) is -1.02. The zero-order valence-corrected chi connectivity index (χ0v) is 10.9. The molecule has 0 radical (unpaired) electrons. The minimum absolute atomic E-state index is 0.0552. The summed E-state index contributed by atoms with van der Waals surface area (Å²) in [5.41, 5.74) is 1.16. The molecule has 90 valence electrons. The van der Waals surface area contributed by atoms with Crippen LogP contribution in [0.3, 0.4) is 0 Å². The molecule has 0 saturated carbocycles. The maximum Gasteiger partial charge on any atom is 0.357 e. The van der Waals surface area contributed by atoms with Crippen LogP contribution < -0.4 is 5.32 Å². The van der Waals surface area contributed by atoms with Gasteiger partial charge in [-0.05, 0) is 13.8 Å². The quantitative estimate of drug-likeness (QED) is 0.892. The Kier molecular flexibility index (Phi) is 3.12. The second kappa shape index (κ2) is 4.42. The molecule has 0 amide bonds. The van der Waals surface area contributed by atoms with Gasteiger partial charge in [-0.15, -0.1) is 22.7 Å². The molecule has 2 N–H and O–H groups in total. The lowest BCUT2D eigenvalue weighted by Crippen LogP contribution is -2.28. The summed E-state index contributed by atoms with van der Waals surface area (Å²) in [6.07, 6.45) is 1.73. The van der Waals surface area contributed by atoms with Gasteiger partial charge in [0.1, 0.15) is 10.0 Å². The van der Waals surface area contributed by atoms with Gasteiger partial charge >= 0.3 is 5.97 Å². The van der Waals surface area contributed by atoms with Gasteiger partial charge in [-0.3, -0.25) is 0 Å². The normalized spacial score (nSPS) is 11.4. The Morgan fingerprint density at radius 3 is 2.76 bits per heavy atom. The molecule has 2 aromatic heterocycles. The van der Waals surface area contributed by atoms with Crippen molar-refractivity contribution in [2.24, 2.45) is 0 Å². The van der Waals surface area contributed by atoms with Crippen LogP contribution in [0.4, 0.5) is 5.00 Å². The number of thiazole rings is 2. The van der Waals surface area contributed by atoms with Gasteiger partial charge in [-0.2, -0.15) is 0 Å². The van der Waals surface area contributed by atoms with E-state index in [2.05, 4.69) is 15.3 Å². The number of carboxylic acid groups (broad SMARTS) is 1. The molecular formula is C10H11N3O2S2. The first-order valence-electron chi connectivity index (χ1n) is 4.85. The summed E-state index contributed by atoms with van der Waals surface area (Å²) < 4.78 is 0. The van der Waals surface area contributed by atoms with Gasteiger partial charge in [0.15, 0.2) is 5.69 Å². The first-order chi connectivity index (χ1) is 8.00. The van der Waals surface area contributed by atoms with Crippen LogP contribution >= 0.6 is 22.7 Å². The largest absolute Gasteiger partial charge is 0.476 e. The van der Waals surface area contributed by atoms with Crippen molar-refractivity contribution < 1.29 is 9.90 Å². The molecule has 7 heteroatoms. The van der Waals surface area contributed by atoms with Gasteiger partial charge in [0.2, 0.25) is 0 Å². The standard InChI is InChI=1S/C10H11N3O2S2/c1-10(2,9-11-3-4-16-9)13-7-6(8(14)15)12-5-17-7/h3-5,13H,1-2H3,(H,14,15). The maximum absolute atomic E-state index is 10.9. The summed E-state index contributed by atoms with van der Waals surface area (Å²) in [7, 11) is 0. The van der Waals surface area contributed by atoms with Crippen molar-refractivity contribution >= 4 is 33.6 Å². The smallest absolute Gasteiger partial charge is 0.357 e. The van der Waals surface area contributed by atoms with Crippen LogP contribution in [-0.2, 0) is 5.54 Å². The van der Waals surface area contributed by atoms with E-state index in [0.29, 0.717) is 5.00 Å². The minimum atomic E-state index is -1.02. The van der Waals surface area contributed by atoms with Crippen molar-refractivity contribution in [1.29, 1.82) is 0 Å². The summed E-state index contributed by atoms with van der Waals surface area (Å²) >= 11 is 2.80. The number of nitrogens with one attached hydrogen (secondary N) is 1. The van der Waals surface area contributed by atoms with Crippen molar-refractivity contribution in [1.82, 2.24) is 9.97 Å². The fraction of sp³-hybridized carbons (Fsp3) is 0.300. The predicted octanol–water partition coefficient (Wildman–Crippen LogP) is 2.65. The van der Waals surface area contributed by atoms with E-state index in [9.17, 15) is 4.79 Å². The van der Waals surface area contributed by atoms with E-state index in [0.717, 1.165) is 5.01 Å². The van der Waals surface area contributed by atoms with Crippen LogP contribution in [0.2, 0.25) is 0 Å². The zero-order chi connectivity index (χ0) is 12.5. The third kappa shape index (κ3) is 2.45. The van der Waals surface area contributed by atoms with Crippen LogP contribution in [0.25, 0.3) is 0 Å². The summed E-state index contributed by atoms with van der Waals surface area (Å²) in [6.45, 7) is 3.91. The molecular weight excluding hydrogens is 258 g/mol. The molecule has 0 unspecified atom stereocenters. The molecule has 5 nitrogen and oxygen atoms in total. The molecule has 0 aliphatic rings. The number of aromatic carboxylic acids is 1. The Balaban J connectivity index is 2.26. The van der Waals surface area contributed by atoms with Crippen molar-refractivity contribution in [2.45, 2.75) is 19.4 Å². The van der Waals surface area contributed by atoms with Crippen LogP contribution in [0.15, 0.2) is 17.1 Å². The molecule has 0 atom stereocenters. The molecule has 0 saturated heterocycles. The van der Waals surface area contributed by atoms with Crippen molar-refractivity contribution in [3.63, 3.8) is 0 Å². The molecule has 0 aliphatic carbocycles. The minimum Gasteiger partial charge on any atom is -0.476 e. The second-order valence-corrected chi connectivity index (χ2v) is 5.67. The number of carbonyl (C=O) groups is 1. The highest BCUT2D eigenvalue weighted by atomic mass is 32.1. The molecule has 2 heterocycles. The monoisotopic (exact) mass is 269 g/mol. The van der Waals surface area contributed by atoms with E-state index in [-0.39, 0.29) is 5.69 Å². The maximum atomic E-state index is 10.9. The average Bonchev–Trinajstić information content (AvgIpc) is 2.85. The van der Waals surface area contributed by atoms with E-state index < -0.39 is 11.5 Å². The fourth-order valence-electron chi connectivity index (χ4n) is 1.36. The lowest BCUT2D eigenvalue weighted by molar-refractivity contribution is 0.0692. The third-order valence-electron chi connectivity index (χ3n) is 2.16. The molecule has 0 aliphatic heterocycles. The second-order valence-electron chi connectivity index (χ2n) is 3.92. The molecule has 0 fully saturated rings. The zero-order valence-electron chi connectivity index (χ0n) is 9.30. The van der Waals surface area contributed by atoms with Gasteiger partial charge in [0.05, 0.1) is 11.0 Å². The lowest BCUT2D eigenvalue weighted by Gasteiger charge is -2.24. The van der Waals surface area contributed by atoms with E-state index in [1.54, 1.807) is 6.20 Å². The Morgan fingerprint density at radius 2 is 2.18 bits per heavy atom. The van der Waals surface area contributed by atoms with Gasteiger partial charge < -0.3 is 10.4 Å². The highest BCUT2D eigenvalue weighted by Gasteiger charge is 2.26. The van der Waals surface area contributed by atoms with Gasteiger partial charge in [0.25, 0.3) is 0 Å². The Bertz CT molecular complexity index is 519. The van der Waals surface area contributed by atoms with E-state index in [1.165, 1.54) is 28.2 Å². The Labute approximate surface area is 106 Å². The van der Waals surface area contributed by atoms with Crippen molar-refractivity contribution in [3.05, 3.63) is 27.8 Å². The molecule has 0 bridgehead atoms. The van der Waals surface area contributed by atoms with Crippen LogP contribution in [0.5, 0.6) is 0 Å². The van der Waals surface area contributed by atoms with Crippen LogP contribution in [-0.4, -0.2) is 21.0 Å². The molecule has 2 rings (SSSR count). The number of hydrogen-bond acceptors (Lipinski definition) is 6. The Morgan fingerprint density at radius 1 is 1.41 bits per heavy atom. The summed E-state index contributed by atoms with van der Waals surface area (Å²) in [5, 5.41) is 15.5. The number of hydrogen-bond donors (Lipinski definition) is 2. The first-order valence-corrected chi connectivity index (χ1v) is 6.61. The first kappa shape index (κ1) is 12.0. The van der Waals surface area contributed by atoms with E-state index in [4.69, 9.17) is 5.11 Å². The number of aromatic nitrogens is 2. The highest BCUT2D eigenvalue weighted by Crippen LogP contribution is 2.30. The lowest BCUT2D eigenvalue weighted by atomic mass is 10.1. The molecule has 2 aromatic rings.